The summed E-state index contributed by atoms with van der Waals surface area (Å²) in [7, 11) is 0. The number of hydrogen-bond donors (Lipinski definition) is 2. The summed E-state index contributed by atoms with van der Waals surface area (Å²) < 4.78 is 5.12. The van der Waals surface area contributed by atoms with Crippen LogP contribution in [0.15, 0.2) is 6.07 Å². The maximum Gasteiger partial charge on any atom is 0.331 e. The lowest BCUT2D eigenvalue weighted by Crippen LogP contribution is -2.55. The van der Waals surface area contributed by atoms with Gasteiger partial charge in [0, 0.05) is 17.9 Å². The Morgan fingerprint density at radius 3 is 2.79 bits per heavy atom. The number of amides is 1. The first-order valence-electron chi connectivity index (χ1n) is 6.21. The Labute approximate surface area is 115 Å². The van der Waals surface area contributed by atoms with Gasteiger partial charge >= 0.3 is 5.97 Å². The fourth-order valence-electron chi connectivity index (χ4n) is 2.15. The number of aliphatic carboxylic acids is 1. The number of nitrogens with one attached hydrogen (secondary N) is 1. The van der Waals surface area contributed by atoms with Crippen molar-refractivity contribution in [1.82, 2.24) is 5.32 Å². The van der Waals surface area contributed by atoms with Crippen LogP contribution < -0.4 is 5.32 Å². The molecule has 5 nitrogen and oxygen atoms in total. The van der Waals surface area contributed by atoms with Crippen LogP contribution in [0.4, 0.5) is 0 Å². The maximum atomic E-state index is 12.2. The molecule has 2 rings (SSSR count). The van der Waals surface area contributed by atoms with Crippen LogP contribution in [0, 0.1) is 6.92 Å². The van der Waals surface area contributed by atoms with Gasteiger partial charge in [0.15, 0.2) is 5.54 Å². The lowest BCUT2D eigenvalue weighted by Gasteiger charge is -2.23. The number of carbonyl (C=O) groups is 2. The molecular weight excluding hydrogens is 266 g/mol. The fourth-order valence-corrected chi connectivity index (χ4v) is 3.16. The first kappa shape index (κ1) is 14.0. The minimum absolute atomic E-state index is 0.0269. The molecule has 1 saturated heterocycles. The normalized spacial score (nSPS) is 22.4. The van der Waals surface area contributed by atoms with Gasteiger partial charge in [-0.05, 0) is 25.0 Å². The van der Waals surface area contributed by atoms with Gasteiger partial charge in [0.25, 0.3) is 5.91 Å². The third-order valence-corrected chi connectivity index (χ3v) is 4.50. The van der Waals surface area contributed by atoms with Crippen molar-refractivity contribution in [2.45, 2.75) is 32.2 Å². The highest BCUT2D eigenvalue weighted by Crippen LogP contribution is 2.24. The predicted molar refractivity (Wildman–Crippen MR) is 71.7 cm³/mol. The van der Waals surface area contributed by atoms with Crippen LogP contribution >= 0.6 is 11.3 Å². The van der Waals surface area contributed by atoms with Crippen LogP contribution in [-0.2, 0) is 16.0 Å². The Balaban J connectivity index is 2.17. The minimum Gasteiger partial charge on any atom is -0.479 e. The smallest absolute Gasteiger partial charge is 0.331 e. The molecule has 1 unspecified atom stereocenters. The van der Waals surface area contributed by atoms with Crippen molar-refractivity contribution >= 4 is 23.2 Å². The zero-order valence-electron chi connectivity index (χ0n) is 11.0. The molecule has 2 heterocycles. The molecule has 0 spiro atoms. The van der Waals surface area contributed by atoms with Gasteiger partial charge in [-0.3, -0.25) is 4.79 Å². The maximum absolute atomic E-state index is 12.2. The van der Waals surface area contributed by atoms with Crippen molar-refractivity contribution in [1.29, 1.82) is 0 Å². The van der Waals surface area contributed by atoms with E-state index in [4.69, 9.17) is 4.74 Å². The molecule has 1 fully saturated rings. The molecule has 0 bridgehead atoms. The van der Waals surface area contributed by atoms with Gasteiger partial charge in [-0.15, -0.1) is 11.3 Å². The van der Waals surface area contributed by atoms with Crippen molar-refractivity contribution in [3.05, 3.63) is 21.4 Å². The molecule has 1 aliphatic rings. The summed E-state index contributed by atoms with van der Waals surface area (Å²) in [5, 5.41) is 11.9. The summed E-state index contributed by atoms with van der Waals surface area (Å²) in [6.07, 6.45) is 1.17. The number of aryl methyl sites for hydroxylation is 2. The number of carboxylic acids is 1. The van der Waals surface area contributed by atoms with E-state index in [-0.39, 0.29) is 12.5 Å². The molecule has 1 aromatic rings. The zero-order valence-corrected chi connectivity index (χ0v) is 11.8. The molecule has 6 heteroatoms. The average molecular weight is 283 g/mol. The lowest BCUT2D eigenvalue weighted by atomic mass is 9.99. The molecular formula is C13H17NO4S. The monoisotopic (exact) mass is 283 g/mol. The van der Waals surface area contributed by atoms with E-state index in [1.54, 1.807) is 0 Å². The molecule has 1 amide bonds. The van der Waals surface area contributed by atoms with E-state index in [1.807, 2.05) is 19.9 Å². The van der Waals surface area contributed by atoms with Crippen LogP contribution in [0.25, 0.3) is 0 Å². The number of thiophene rings is 1. The molecule has 0 aliphatic carbocycles. The van der Waals surface area contributed by atoms with Gasteiger partial charge in [0.05, 0.1) is 11.5 Å². The van der Waals surface area contributed by atoms with Crippen LogP contribution in [0.3, 0.4) is 0 Å². The number of rotatable bonds is 4. The highest BCUT2D eigenvalue weighted by Gasteiger charge is 2.44. The van der Waals surface area contributed by atoms with Crippen molar-refractivity contribution in [2.75, 3.05) is 13.2 Å². The molecule has 0 radical (unpaired) electrons. The average Bonchev–Trinajstić information content (AvgIpc) is 2.96. The van der Waals surface area contributed by atoms with E-state index in [1.165, 1.54) is 11.3 Å². The lowest BCUT2D eigenvalue weighted by molar-refractivity contribution is -0.144. The van der Waals surface area contributed by atoms with Crippen LogP contribution in [0.5, 0.6) is 0 Å². The number of carboxylic acid groups (broad SMARTS) is 1. The SMILES string of the molecule is CCc1cc(C(=O)NC2(C(=O)O)CCOC2)sc1C. The third-order valence-electron chi connectivity index (χ3n) is 3.41. The molecule has 1 atom stereocenters. The van der Waals surface area contributed by atoms with E-state index < -0.39 is 11.5 Å². The van der Waals surface area contributed by atoms with E-state index >= 15 is 0 Å². The summed E-state index contributed by atoms with van der Waals surface area (Å²) >= 11 is 1.40. The Kier molecular flexibility index (Phi) is 3.91. The summed E-state index contributed by atoms with van der Waals surface area (Å²) in [5.74, 6) is -1.37. The molecule has 0 aromatic carbocycles. The Morgan fingerprint density at radius 1 is 1.58 bits per heavy atom. The van der Waals surface area contributed by atoms with Gasteiger partial charge in [-0.1, -0.05) is 6.92 Å². The Bertz CT molecular complexity index is 503. The highest BCUT2D eigenvalue weighted by molar-refractivity contribution is 7.14. The molecule has 2 N–H and O–H groups in total. The molecule has 1 aliphatic heterocycles. The topological polar surface area (TPSA) is 75.6 Å². The van der Waals surface area contributed by atoms with Gasteiger partial charge in [0.2, 0.25) is 0 Å². The molecule has 19 heavy (non-hydrogen) atoms. The van der Waals surface area contributed by atoms with Gasteiger partial charge < -0.3 is 15.2 Å². The van der Waals surface area contributed by atoms with Crippen LogP contribution in [0.1, 0.15) is 33.5 Å². The number of hydrogen-bond acceptors (Lipinski definition) is 4. The van der Waals surface area contributed by atoms with Crippen LogP contribution in [-0.4, -0.2) is 35.7 Å². The highest BCUT2D eigenvalue weighted by atomic mass is 32.1. The first-order chi connectivity index (χ1) is 8.98. The second-order valence-corrected chi connectivity index (χ2v) is 5.95. The summed E-state index contributed by atoms with van der Waals surface area (Å²) in [6, 6.07) is 1.83. The quantitative estimate of drug-likeness (QED) is 0.880. The minimum atomic E-state index is -1.28. The standard InChI is InChI=1S/C13H17NO4S/c1-3-9-6-10(19-8(9)2)11(15)14-13(12(16)17)4-5-18-7-13/h6H,3-5,7H2,1-2H3,(H,14,15)(H,16,17). The Hall–Kier alpha value is -1.40. The predicted octanol–water partition coefficient (Wildman–Crippen LogP) is 1.59. The van der Waals surface area contributed by atoms with Crippen LogP contribution in [0.2, 0.25) is 0 Å². The molecule has 0 saturated carbocycles. The largest absolute Gasteiger partial charge is 0.479 e. The van der Waals surface area contributed by atoms with Gasteiger partial charge in [-0.2, -0.15) is 0 Å². The van der Waals surface area contributed by atoms with Crippen molar-refractivity contribution in [2.24, 2.45) is 0 Å². The molecule has 104 valence electrons. The fraction of sp³-hybridized carbons (Fsp3) is 0.538. The number of carbonyl (C=O) groups excluding carboxylic acids is 1. The summed E-state index contributed by atoms with van der Waals surface area (Å²) in [6.45, 7) is 4.38. The third kappa shape index (κ3) is 2.64. The second-order valence-electron chi connectivity index (χ2n) is 4.69. The van der Waals surface area contributed by atoms with Crippen molar-refractivity contribution < 1.29 is 19.4 Å². The van der Waals surface area contributed by atoms with Gasteiger partial charge in [0.1, 0.15) is 0 Å². The van der Waals surface area contributed by atoms with Gasteiger partial charge in [-0.25, -0.2) is 4.79 Å². The second kappa shape index (κ2) is 5.30. The van der Waals surface area contributed by atoms with E-state index in [0.29, 0.717) is 17.9 Å². The van der Waals surface area contributed by atoms with E-state index in [0.717, 1.165) is 16.9 Å². The summed E-state index contributed by atoms with van der Waals surface area (Å²) in [5.41, 5.74) is -0.149. The number of ether oxygens (including phenoxy) is 1. The van der Waals surface area contributed by atoms with E-state index in [9.17, 15) is 14.7 Å². The Morgan fingerprint density at radius 2 is 2.32 bits per heavy atom. The molecule has 1 aromatic heterocycles. The zero-order chi connectivity index (χ0) is 14.0. The van der Waals surface area contributed by atoms with Crippen molar-refractivity contribution in [3.8, 4) is 0 Å². The summed E-state index contributed by atoms with van der Waals surface area (Å²) in [4.78, 5) is 25.2. The first-order valence-corrected chi connectivity index (χ1v) is 7.03. The van der Waals surface area contributed by atoms with E-state index in [2.05, 4.69) is 5.32 Å². The van der Waals surface area contributed by atoms with Crippen molar-refractivity contribution in [3.63, 3.8) is 0 Å².